The molecule has 21 heavy (non-hydrogen) atoms. The summed E-state index contributed by atoms with van der Waals surface area (Å²) in [5, 5.41) is 13.5. The highest BCUT2D eigenvalue weighted by Gasteiger charge is 2.21. The van der Waals surface area contributed by atoms with Gasteiger partial charge in [-0.2, -0.15) is 5.26 Å². The Morgan fingerprint density at radius 2 is 2.14 bits per heavy atom. The lowest BCUT2D eigenvalue weighted by Gasteiger charge is -2.27. The van der Waals surface area contributed by atoms with E-state index in [1.54, 1.807) is 0 Å². The van der Waals surface area contributed by atoms with Gasteiger partial charge in [0.15, 0.2) is 0 Å². The van der Waals surface area contributed by atoms with Crippen LogP contribution in [0.15, 0.2) is 45.8 Å². The summed E-state index contributed by atoms with van der Waals surface area (Å²) in [7, 11) is 0. The molecule has 0 saturated carbocycles. The van der Waals surface area contributed by atoms with Crippen molar-refractivity contribution in [2.45, 2.75) is 17.4 Å². The highest BCUT2D eigenvalue weighted by molar-refractivity contribution is 9.10. The molecule has 1 N–H and O–H groups in total. The number of halogens is 2. The average molecular weight is 380 g/mol. The lowest BCUT2D eigenvalue weighted by Crippen LogP contribution is -2.16. The van der Waals surface area contributed by atoms with Crippen LogP contribution in [0.1, 0.15) is 23.6 Å². The fourth-order valence-electron chi connectivity index (χ4n) is 2.44. The van der Waals surface area contributed by atoms with Crippen LogP contribution in [0.4, 0.5) is 5.69 Å². The van der Waals surface area contributed by atoms with Gasteiger partial charge >= 0.3 is 0 Å². The number of fused-ring (bicyclic) bond motifs is 1. The lowest BCUT2D eigenvalue weighted by molar-refractivity contribution is 0.728. The van der Waals surface area contributed by atoms with Crippen LogP contribution in [0.5, 0.6) is 0 Å². The van der Waals surface area contributed by atoms with Crippen LogP contribution in [0.3, 0.4) is 0 Å². The molecular weight excluding hydrogens is 368 g/mol. The Labute approximate surface area is 141 Å². The van der Waals surface area contributed by atoms with Crippen molar-refractivity contribution in [2.24, 2.45) is 0 Å². The summed E-state index contributed by atoms with van der Waals surface area (Å²) in [5.74, 6) is 1.06. The molecule has 0 spiro atoms. The Hall–Kier alpha value is -1.15. The van der Waals surface area contributed by atoms with E-state index < -0.39 is 0 Å². The van der Waals surface area contributed by atoms with Crippen molar-refractivity contribution in [1.29, 1.82) is 5.26 Å². The van der Waals surface area contributed by atoms with E-state index in [1.165, 1.54) is 10.5 Å². The normalized spacial score (nSPS) is 16.9. The Bertz CT molecular complexity index is 727. The first-order chi connectivity index (χ1) is 10.2. The fourth-order valence-corrected chi connectivity index (χ4v) is 4.08. The maximum Gasteiger partial charge on any atom is 0.101 e. The summed E-state index contributed by atoms with van der Waals surface area (Å²) < 4.78 is 0.959. The van der Waals surface area contributed by atoms with Crippen molar-refractivity contribution in [2.75, 3.05) is 11.1 Å². The van der Waals surface area contributed by atoms with E-state index in [4.69, 9.17) is 11.6 Å². The molecule has 1 atom stereocenters. The molecule has 5 heteroatoms. The summed E-state index contributed by atoms with van der Waals surface area (Å²) in [6.07, 6.45) is 1.01. The standard InChI is InChI=1S/C16H12BrClN2S/c17-11-2-1-10(9-19)15(7-11)20-14-5-6-21-16-4-3-12(18)8-13(14)16/h1-4,7-8,14,20H,5-6H2. The minimum absolute atomic E-state index is 0.182. The molecule has 0 radical (unpaired) electrons. The van der Waals surface area contributed by atoms with E-state index in [0.717, 1.165) is 27.4 Å². The van der Waals surface area contributed by atoms with Gasteiger partial charge in [0.05, 0.1) is 17.3 Å². The van der Waals surface area contributed by atoms with E-state index in [1.807, 2.05) is 42.1 Å². The van der Waals surface area contributed by atoms with Gasteiger partial charge in [-0.05, 0) is 48.4 Å². The molecule has 1 heterocycles. The van der Waals surface area contributed by atoms with E-state index >= 15 is 0 Å². The third-order valence-electron chi connectivity index (χ3n) is 3.44. The summed E-state index contributed by atoms with van der Waals surface area (Å²) in [6.45, 7) is 0. The second-order valence-electron chi connectivity index (χ2n) is 4.82. The van der Waals surface area contributed by atoms with Gasteiger partial charge in [-0.3, -0.25) is 0 Å². The number of hydrogen-bond acceptors (Lipinski definition) is 3. The SMILES string of the molecule is N#Cc1ccc(Br)cc1NC1CCSc2ccc(Cl)cc21. The largest absolute Gasteiger partial charge is 0.377 e. The molecule has 0 amide bonds. The Morgan fingerprint density at radius 1 is 1.29 bits per heavy atom. The lowest BCUT2D eigenvalue weighted by atomic mass is 10.0. The van der Waals surface area contributed by atoms with Crippen LogP contribution < -0.4 is 5.32 Å². The van der Waals surface area contributed by atoms with Crippen LogP contribution in [-0.4, -0.2) is 5.75 Å². The van der Waals surface area contributed by atoms with E-state index in [9.17, 15) is 5.26 Å². The van der Waals surface area contributed by atoms with Gasteiger partial charge in [-0.25, -0.2) is 0 Å². The Balaban J connectivity index is 1.96. The Morgan fingerprint density at radius 3 is 2.95 bits per heavy atom. The monoisotopic (exact) mass is 378 g/mol. The van der Waals surface area contributed by atoms with Gasteiger partial charge in [-0.15, -0.1) is 11.8 Å². The molecule has 106 valence electrons. The summed E-state index contributed by atoms with van der Waals surface area (Å²) in [6, 6.07) is 14.1. The molecule has 3 rings (SSSR count). The Kier molecular flexibility index (Phi) is 4.44. The van der Waals surface area contributed by atoms with Gasteiger partial charge < -0.3 is 5.32 Å². The maximum absolute atomic E-state index is 9.25. The molecule has 0 aromatic heterocycles. The van der Waals surface area contributed by atoms with Crippen molar-refractivity contribution >= 4 is 45.0 Å². The summed E-state index contributed by atoms with van der Waals surface area (Å²) >= 11 is 11.4. The molecule has 0 saturated heterocycles. The molecule has 0 fully saturated rings. The molecule has 0 bridgehead atoms. The zero-order chi connectivity index (χ0) is 14.8. The first kappa shape index (κ1) is 14.8. The van der Waals surface area contributed by atoms with Crippen LogP contribution in [-0.2, 0) is 0 Å². The molecule has 2 aromatic carbocycles. The molecule has 1 aliphatic rings. The third-order valence-corrected chi connectivity index (χ3v) is 5.29. The van der Waals surface area contributed by atoms with Crippen molar-refractivity contribution in [3.8, 4) is 6.07 Å². The molecule has 2 aromatic rings. The van der Waals surface area contributed by atoms with Crippen LogP contribution in [0.25, 0.3) is 0 Å². The zero-order valence-corrected chi connectivity index (χ0v) is 14.2. The van der Waals surface area contributed by atoms with E-state index in [-0.39, 0.29) is 6.04 Å². The summed E-state index contributed by atoms with van der Waals surface area (Å²) in [5.41, 5.74) is 2.72. The first-order valence-electron chi connectivity index (χ1n) is 6.56. The van der Waals surface area contributed by atoms with Gasteiger partial charge in [0.2, 0.25) is 0 Å². The molecule has 1 unspecified atom stereocenters. The van der Waals surface area contributed by atoms with Crippen LogP contribution >= 0.6 is 39.3 Å². The van der Waals surface area contributed by atoms with E-state index in [2.05, 4.69) is 33.4 Å². The average Bonchev–Trinajstić information content (AvgIpc) is 2.48. The second-order valence-corrected chi connectivity index (χ2v) is 7.31. The van der Waals surface area contributed by atoms with Gasteiger partial charge in [0.25, 0.3) is 0 Å². The number of benzene rings is 2. The zero-order valence-electron chi connectivity index (χ0n) is 11.1. The molecular formula is C16H12BrClN2S. The predicted molar refractivity (Wildman–Crippen MR) is 92.0 cm³/mol. The number of nitrogens with one attached hydrogen (secondary N) is 1. The highest BCUT2D eigenvalue weighted by atomic mass is 79.9. The number of anilines is 1. The van der Waals surface area contributed by atoms with Crippen molar-refractivity contribution in [1.82, 2.24) is 0 Å². The van der Waals surface area contributed by atoms with Gasteiger partial charge in [-0.1, -0.05) is 27.5 Å². The minimum Gasteiger partial charge on any atom is -0.377 e. The number of thioether (sulfide) groups is 1. The third kappa shape index (κ3) is 3.21. The fraction of sp³-hybridized carbons (Fsp3) is 0.188. The maximum atomic E-state index is 9.25. The molecule has 1 aliphatic heterocycles. The van der Waals surface area contributed by atoms with Crippen molar-refractivity contribution < 1.29 is 0 Å². The molecule has 2 nitrogen and oxygen atoms in total. The highest BCUT2D eigenvalue weighted by Crippen LogP contribution is 2.39. The van der Waals surface area contributed by atoms with Gasteiger partial charge in [0, 0.05) is 20.1 Å². The van der Waals surface area contributed by atoms with E-state index in [0.29, 0.717) is 5.56 Å². The number of hydrogen-bond donors (Lipinski definition) is 1. The second kappa shape index (κ2) is 6.31. The summed E-state index contributed by atoms with van der Waals surface area (Å²) in [4.78, 5) is 1.26. The topological polar surface area (TPSA) is 35.8 Å². The smallest absolute Gasteiger partial charge is 0.101 e. The number of nitriles is 1. The van der Waals surface area contributed by atoms with Crippen LogP contribution in [0, 0.1) is 11.3 Å². The number of nitrogens with zero attached hydrogens (tertiary/aromatic N) is 1. The minimum atomic E-state index is 0.182. The van der Waals surface area contributed by atoms with Crippen molar-refractivity contribution in [3.63, 3.8) is 0 Å². The van der Waals surface area contributed by atoms with Crippen LogP contribution in [0.2, 0.25) is 5.02 Å². The quantitative estimate of drug-likeness (QED) is 0.735. The number of rotatable bonds is 2. The van der Waals surface area contributed by atoms with Crippen molar-refractivity contribution in [3.05, 3.63) is 57.0 Å². The predicted octanol–water partition coefficient (Wildman–Crippen LogP) is 5.62. The first-order valence-corrected chi connectivity index (χ1v) is 8.71. The molecule has 0 aliphatic carbocycles. The van der Waals surface area contributed by atoms with Gasteiger partial charge in [0.1, 0.15) is 6.07 Å².